The number of likely N-dealkylation sites (tertiary alicyclic amines) is 1. The van der Waals surface area contributed by atoms with Gasteiger partial charge in [-0.05, 0) is 94.3 Å². The standard InChI is InChI=1S/C62H95N7O12/c1-12-42(6)59(66(9)62(78)48(40(2)3)36-52(72)58(41(4)5)65(8)29-20-22-46(70)39-64-54(73)26-14-13-17-30-68-55(74)27-28-56(68)75)53(79-10)37-57(76)67-31-21-25-50(67)60(80-11)43(7)51(71)35-44(61(77)69-32-18-19-33-81-69)34-45-38-63-49-24-16-15-23-47(45)49/h15-16,23-24,27-28,38,40-44,48,50,53,58-60,63H,12-14,17-22,25-26,29-37,39H2,1-11H3,(H,64,73)/t42-,43-,44+,48-,50-,53+,58-,59-,60+/m0/s1. The van der Waals surface area contributed by atoms with E-state index in [0.29, 0.717) is 84.2 Å². The first kappa shape index (κ1) is 66.2. The van der Waals surface area contributed by atoms with Gasteiger partial charge in [0.15, 0.2) is 11.6 Å². The number of hydroxylamine groups is 2. The van der Waals surface area contributed by atoms with Crippen molar-refractivity contribution in [2.24, 2.45) is 35.5 Å². The number of methoxy groups -OCH3 is 2. The van der Waals surface area contributed by atoms with Gasteiger partial charge in [0.25, 0.3) is 11.8 Å². The second kappa shape index (κ2) is 32.3. The van der Waals surface area contributed by atoms with Crippen molar-refractivity contribution >= 4 is 63.7 Å². The van der Waals surface area contributed by atoms with Crippen LogP contribution in [0.15, 0.2) is 42.6 Å². The van der Waals surface area contributed by atoms with Gasteiger partial charge < -0.3 is 29.6 Å². The van der Waals surface area contributed by atoms with Crippen molar-refractivity contribution in [3.63, 3.8) is 0 Å². The Morgan fingerprint density at radius 3 is 2.17 bits per heavy atom. The normalized spacial score (nSPS) is 18.8. The zero-order valence-corrected chi connectivity index (χ0v) is 50.4. The highest BCUT2D eigenvalue weighted by atomic mass is 16.7. The Kier molecular flexibility index (Phi) is 26.4. The van der Waals surface area contributed by atoms with Crippen LogP contribution in [0, 0.1) is 35.5 Å². The van der Waals surface area contributed by atoms with Crippen LogP contribution in [0.5, 0.6) is 0 Å². The second-order valence-electron chi connectivity index (χ2n) is 23.6. The van der Waals surface area contributed by atoms with E-state index in [9.17, 15) is 43.2 Å². The fourth-order valence-corrected chi connectivity index (χ4v) is 12.3. The summed E-state index contributed by atoms with van der Waals surface area (Å²) in [6, 6.07) is 6.45. The first-order chi connectivity index (χ1) is 38.6. The molecule has 3 aliphatic heterocycles. The number of benzene rings is 1. The molecule has 0 bridgehead atoms. The molecule has 1 aromatic carbocycles. The number of hydrogen-bond donors (Lipinski definition) is 2. The van der Waals surface area contributed by atoms with Gasteiger partial charge in [-0.2, -0.15) is 0 Å². The third-order valence-corrected chi connectivity index (χ3v) is 17.2. The zero-order valence-electron chi connectivity index (χ0n) is 50.4. The Morgan fingerprint density at radius 2 is 1.53 bits per heavy atom. The monoisotopic (exact) mass is 1130 g/mol. The van der Waals surface area contributed by atoms with Gasteiger partial charge in [0, 0.05) is 108 Å². The smallest absolute Gasteiger partial charge is 0.253 e. The number of carbonyl (C=O) groups is 9. The molecule has 0 aliphatic carbocycles. The van der Waals surface area contributed by atoms with Crippen molar-refractivity contribution in [3.8, 4) is 0 Å². The SMILES string of the molecule is CC[C@H](C)[C@@H]([C@@H](CC(=O)N1CCC[C@H]1[C@H](OC)[C@@H](C)C(=O)C[C@@H](Cc1c[nH]c2ccccc12)C(=O)N1CCCCO1)OC)N(C)C(=O)[C@@H](CC(=O)[C@H](C(C)C)N(C)CCCC(=O)CNC(=O)CCCCCN1C(=O)C=CC1=O)C(C)C. The van der Waals surface area contributed by atoms with Crippen LogP contribution in [-0.2, 0) is 63.9 Å². The number of H-pyrrole nitrogens is 1. The van der Waals surface area contributed by atoms with Gasteiger partial charge in [0.1, 0.15) is 5.78 Å². The van der Waals surface area contributed by atoms with Crippen LogP contribution in [-0.4, -0.2) is 180 Å². The number of Topliss-reactive ketones (excluding diaryl/α,β-unsaturated/α-hetero) is 3. The average Bonchev–Trinajstić information content (AvgIpc) is 4.20. The van der Waals surface area contributed by atoms with Crippen LogP contribution in [0.3, 0.4) is 0 Å². The minimum absolute atomic E-state index is 0.00322. The van der Waals surface area contributed by atoms with Crippen LogP contribution in [0.4, 0.5) is 0 Å². The molecule has 2 fully saturated rings. The van der Waals surface area contributed by atoms with E-state index in [2.05, 4.69) is 10.3 Å². The molecule has 5 rings (SSSR count). The van der Waals surface area contributed by atoms with Crippen LogP contribution in [0.25, 0.3) is 10.9 Å². The third kappa shape index (κ3) is 18.2. The Bertz CT molecular complexity index is 2470. The highest BCUT2D eigenvalue weighted by Crippen LogP contribution is 2.33. The number of ketones is 3. The van der Waals surface area contributed by atoms with Gasteiger partial charge in [-0.1, -0.05) is 79.5 Å². The molecule has 19 nitrogen and oxygen atoms in total. The number of likely N-dealkylation sites (N-methyl/N-ethyl adjacent to an activating group) is 2. The summed E-state index contributed by atoms with van der Waals surface area (Å²) < 4.78 is 12.3. The van der Waals surface area contributed by atoms with Gasteiger partial charge in [0.05, 0.1) is 55.8 Å². The maximum absolute atomic E-state index is 14.8. The highest BCUT2D eigenvalue weighted by Gasteiger charge is 2.44. The van der Waals surface area contributed by atoms with Crippen LogP contribution in [0.1, 0.15) is 144 Å². The fraction of sp³-hybridized carbons (Fsp3) is 0.694. The molecule has 2 N–H and O–H groups in total. The third-order valence-electron chi connectivity index (χ3n) is 17.2. The molecule has 4 heterocycles. The first-order valence-electron chi connectivity index (χ1n) is 29.8. The quantitative estimate of drug-likeness (QED) is 0.0530. The summed E-state index contributed by atoms with van der Waals surface area (Å²) in [6.45, 7) is 15.8. The number of fused-ring (bicyclic) bond motifs is 1. The lowest BCUT2D eigenvalue weighted by atomic mass is 9.83. The Hall–Kier alpha value is -5.63. The Balaban J connectivity index is 1.17. The summed E-state index contributed by atoms with van der Waals surface area (Å²) in [5, 5.41) is 5.11. The van der Waals surface area contributed by atoms with Gasteiger partial charge in [0.2, 0.25) is 23.6 Å². The van der Waals surface area contributed by atoms with Crippen molar-refractivity contribution in [2.75, 3.05) is 67.6 Å². The van der Waals surface area contributed by atoms with E-state index < -0.39 is 48.1 Å². The van der Waals surface area contributed by atoms with E-state index in [0.717, 1.165) is 29.3 Å². The molecule has 81 heavy (non-hydrogen) atoms. The van der Waals surface area contributed by atoms with Crippen LogP contribution in [0.2, 0.25) is 0 Å². The summed E-state index contributed by atoms with van der Waals surface area (Å²) in [5.41, 5.74) is 1.90. The molecule has 6 amide bonds. The van der Waals surface area contributed by atoms with E-state index in [4.69, 9.17) is 14.3 Å². The maximum Gasteiger partial charge on any atom is 0.253 e. The lowest BCUT2D eigenvalue weighted by molar-refractivity contribution is -0.201. The molecular formula is C62H95N7O12. The molecule has 450 valence electrons. The van der Waals surface area contributed by atoms with Gasteiger partial charge in [-0.3, -0.25) is 57.8 Å². The number of aromatic nitrogens is 1. The number of hydrogen-bond acceptors (Lipinski definition) is 13. The summed E-state index contributed by atoms with van der Waals surface area (Å²) in [7, 11) is 6.72. The summed E-state index contributed by atoms with van der Waals surface area (Å²) in [5.74, 6) is -4.17. The molecule has 0 radical (unpaired) electrons. The fourth-order valence-electron chi connectivity index (χ4n) is 12.3. The number of nitrogens with zero attached hydrogens (tertiary/aromatic N) is 5. The number of unbranched alkanes of at least 4 members (excludes halogenated alkanes) is 2. The van der Waals surface area contributed by atoms with Crippen molar-refractivity contribution in [3.05, 3.63) is 48.2 Å². The molecular weight excluding hydrogens is 1030 g/mol. The molecule has 1 aromatic heterocycles. The molecule has 2 aromatic rings. The van der Waals surface area contributed by atoms with Gasteiger partial charge in [-0.25, -0.2) is 5.06 Å². The van der Waals surface area contributed by atoms with Gasteiger partial charge in [-0.15, -0.1) is 0 Å². The van der Waals surface area contributed by atoms with E-state index in [1.807, 2.05) is 90.9 Å². The number of imide groups is 1. The molecule has 0 saturated carbocycles. The largest absolute Gasteiger partial charge is 0.379 e. The average molecular weight is 1130 g/mol. The Labute approximate surface area is 480 Å². The van der Waals surface area contributed by atoms with Crippen LogP contribution < -0.4 is 5.32 Å². The van der Waals surface area contributed by atoms with Crippen molar-refractivity contribution in [1.82, 2.24) is 35.0 Å². The number of para-hydroxylation sites is 1. The number of rotatable bonds is 35. The van der Waals surface area contributed by atoms with Crippen molar-refractivity contribution < 1.29 is 57.5 Å². The number of nitrogens with one attached hydrogen (secondary N) is 2. The predicted molar refractivity (Wildman–Crippen MR) is 309 cm³/mol. The topological polar surface area (TPSA) is 225 Å². The zero-order chi connectivity index (χ0) is 59.5. The number of aromatic amines is 1. The highest BCUT2D eigenvalue weighted by molar-refractivity contribution is 6.12. The van der Waals surface area contributed by atoms with E-state index in [1.165, 1.54) is 22.1 Å². The molecule has 9 atom stereocenters. The van der Waals surface area contributed by atoms with E-state index in [1.54, 1.807) is 31.1 Å². The van der Waals surface area contributed by atoms with Crippen molar-refractivity contribution in [1.29, 1.82) is 0 Å². The predicted octanol–water partition coefficient (Wildman–Crippen LogP) is 6.90. The number of ether oxygens (including phenoxy) is 2. The number of amides is 6. The van der Waals surface area contributed by atoms with Crippen LogP contribution >= 0.6 is 0 Å². The number of carbonyl (C=O) groups excluding carboxylic acids is 9. The Morgan fingerprint density at radius 1 is 0.815 bits per heavy atom. The minimum atomic E-state index is -0.694. The van der Waals surface area contributed by atoms with Gasteiger partial charge >= 0.3 is 0 Å². The maximum atomic E-state index is 14.8. The lowest BCUT2D eigenvalue weighted by Gasteiger charge is -2.41. The van der Waals surface area contributed by atoms with E-state index >= 15 is 0 Å². The van der Waals surface area contributed by atoms with Crippen molar-refractivity contribution in [2.45, 2.75) is 175 Å². The van der Waals surface area contributed by atoms with E-state index in [-0.39, 0.29) is 109 Å². The summed E-state index contributed by atoms with van der Waals surface area (Å²) in [6.07, 6.45) is 9.80. The molecule has 2 saturated heterocycles. The molecule has 0 spiro atoms. The molecule has 0 unspecified atom stereocenters. The second-order valence-corrected chi connectivity index (χ2v) is 23.6. The summed E-state index contributed by atoms with van der Waals surface area (Å²) >= 11 is 0. The summed E-state index contributed by atoms with van der Waals surface area (Å²) in [4.78, 5) is 137. The lowest BCUT2D eigenvalue weighted by Crippen LogP contribution is -2.54. The first-order valence-corrected chi connectivity index (χ1v) is 29.8. The minimum Gasteiger partial charge on any atom is -0.379 e. The molecule has 19 heteroatoms. The molecule has 3 aliphatic rings.